The maximum absolute atomic E-state index is 14.6. The van der Waals surface area contributed by atoms with Gasteiger partial charge >= 0.3 is 11.9 Å². The molecule has 0 spiro atoms. The second-order valence-electron chi connectivity index (χ2n) is 6.44. The molecule has 1 heterocycles. The highest BCUT2D eigenvalue weighted by molar-refractivity contribution is 6.00. The molecule has 0 aromatic heterocycles. The van der Waals surface area contributed by atoms with Crippen molar-refractivity contribution < 1.29 is 28.2 Å². The SMILES string of the molecule is CCOc1ccc(N2C=C(C(=O)OC)C(c3ccccc3F)C(C(=O)OC)=C2)cc1. The summed E-state index contributed by atoms with van der Waals surface area (Å²) in [6.07, 6.45) is 3.07. The van der Waals surface area contributed by atoms with Gasteiger partial charge in [-0.25, -0.2) is 14.0 Å². The Labute approximate surface area is 174 Å². The molecule has 1 aliphatic rings. The molecule has 2 aromatic rings. The third-order valence-electron chi connectivity index (χ3n) is 4.68. The van der Waals surface area contributed by atoms with Crippen molar-refractivity contribution in [2.24, 2.45) is 0 Å². The Bertz CT molecular complexity index is 963. The van der Waals surface area contributed by atoms with Gasteiger partial charge in [-0.05, 0) is 37.3 Å². The molecule has 0 amide bonds. The van der Waals surface area contributed by atoms with Crippen molar-refractivity contribution in [1.29, 1.82) is 0 Å². The van der Waals surface area contributed by atoms with Gasteiger partial charge in [0.05, 0.1) is 37.9 Å². The number of ether oxygens (including phenoxy) is 3. The smallest absolute Gasteiger partial charge is 0.336 e. The van der Waals surface area contributed by atoms with Crippen molar-refractivity contribution in [3.05, 3.63) is 83.5 Å². The number of rotatable bonds is 6. The van der Waals surface area contributed by atoms with E-state index in [4.69, 9.17) is 14.2 Å². The minimum Gasteiger partial charge on any atom is -0.494 e. The summed E-state index contributed by atoms with van der Waals surface area (Å²) >= 11 is 0. The van der Waals surface area contributed by atoms with E-state index in [1.165, 1.54) is 44.8 Å². The number of esters is 2. The van der Waals surface area contributed by atoms with E-state index < -0.39 is 23.7 Å². The van der Waals surface area contributed by atoms with Crippen LogP contribution in [0.5, 0.6) is 5.75 Å². The third kappa shape index (κ3) is 4.20. The average Bonchev–Trinajstić information content (AvgIpc) is 2.78. The molecule has 7 heteroatoms. The highest BCUT2D eigenvalue weighted by Crippen LogP contribution is 2.39. The van der Waals surface area contributed by atoms with Crippen LogP contribution in [0, 0.1) is 5.82 Å². The maximum Gasteiger partial charge on any atom is 0.336 e. The highest BCUT2D eigenvalue weighted by atomic mass is 19.1. The molecule has 3 rings (SSSR count). The zero-order valence-corrected chi connectivity index (χ0v) is 16.9. The van der Waals surface area contributed by atoms with Crippen molar-refractivity contribution in [1.82, 2.24) is 0 Å². The van der Waals surface area contributed by atoms with E-state index in [2.05, 4.69) is 0 Å². The monoisotopic (exact) mass is 411 g/mol. The molecule has 0 atom stereocenters. The molecule has 0 radical (unpaired) electrons. The highest BCUT2D eigenvalue weighted by Gasteiger charge is 2.36. The maximum atomic E-state index is 14.6. The Morgan fingerprint density at radius 1 is 0.933 bits per heavy atom. The fraction of sp³-hybridized carbons (Fsp3) is 0.217. The van der Waals surface area contributed by atoms with Crippen molar-refractivity contribution in [2.45, 2.75) is 12.8 Å². The van der Waals surface area contributed by atoms with Gasteiger partial charge in [-0.3, -0.25) is 0 Å². The number of hydrogen-bond donors (Lipinski definition) is 0. The molecule has 30 heavy (non-hydrogen) atoms. The van der Waals surface area contributed by atoms with Gasteiger partial charge in [0.15, 0.2) is 0 Å². The van der Waals surface area contributed by atoms with E-state index in [1.54, 1.807) is 35.2 Å². The molecule has 156 valence electrons. The molecular formula is C23H22FNO5. The van der Waals surface area contributed by atoms with E-state index in [0.29, 0.717) is 18.0 Å². The lowest BCUT2D eigenvalue weighted by molar-refractivity contribution is -0.137. The van der Waals surface area contributed by atoms with Crippen LogP contribution in [0.2, 0.25) is 0 Å². The van der Waals surface area contributed by atoms with Gasteiger partial charge in [-0.2, -0.15) is 0 Å². The lowest BCUT2D eigenvalue weighted by atomic mass is 9.83. The summed E-state index contributed by atoms with van der Waals surface area (Å²) in [5.74, 6) is -2.16. The normalized spacial score (nSPS) is 13.9. The molecule has 0 bridgehead atoms. The van der Waals surface area contributed by atoms with Crippen LogP contribution in [0.3, 0.4) is 0 Å². The number of methoxy groups -OCH3 is 2. The number of carbonyl (C=O) groups excluding carboxylic acids is 2. The van der Waals surface area contributed by atoms with Crippen molar-refractivity contribution >= 4 is 17.6 Å². The molecular weight excluding hydrogens is 389 g/mol. The number of hydrogen-bond acceptors (Lipinski definition) is 6. The summed E-state index contributed by atoms with van der Waals surface area (Å²) in [7, 11) is 2.47. The van der Waals surface area contributed by atoms with Crippen LogP contribution in [-0.2, 0) is 19.1 Å². The van der Waals surface area contributed by atoms with E-state index in [1.807, 2.05) is 6.92 Å². The summed E-state index contributed by atoms with van der Waals surface area (Å²) in [6, 6.07) is 13.1. The largest absolute Gasteiger partial charge is 0.494 e. The topological polar surface area (TPSA) is 65.1 Å². The van der Waals surface area contributed by atoms with Crippen LogP contribution in [-0.4, -0.2) is 32.8 Å². The molecule has 6 nitrogen and oxygen atoms in total. The van der Waals surface area contributed by atoms with Gasteiger partial charge in [-0.15, -0.1) is 0 Å². The van der Waals surface area contributed by atoms with E-state index in [9.17, 15) is 14.0 Å². The fourth-order valence-corrected chi connectivity index (χ4v) is 3.30. The van der Waals surface area contributed by atoms with Crippen molar-refractivity contribution in [3.8, 4) is 5.75 Å². The predicted molar refractivity (Wildman–Crippen MR) is 109 cm³/mol. The van der Waals surface area contributed by atoms with E-state index in [0.717, 1.165) is 0 Å². The second kappa shape index (κ2) is 9.26. The number of carbonyl (C=O) groups is 2. The minimum atomic E-state index is -0.968. The Morgan fingerprint density at radius 2 is 1.50 bits per heavy atom. The summed E-state index contributed by atoms with van der Waals surface area (Å²) in [5, 5.41) is 0. The van der Waals surface area contributed by atoms with Gasteiger partial charge in [0.1, 0.15) is 11.6 Å². The van der Waals surface area contributed by atoms with Crippen LogP contribution < -0.4 is 9.64 Å². The number of nitrogens with zero attached hydrogens (tertiary/aromatic N) is 1. The molecule has 0 saturated carbocycles. The quantitative estimate of drug-likeness (QED) is 0.671. The van der Waals surface area contributed by atoms with Crippen LogP contribution in [0.1, 0.15) is 18.4 Å². The molecule has 0 fully saturated rings. The van der Waals surface area contributed by atoms with E-state index in [-0.39, 0.29) is 16.7 Å². The zero-order valence-electron chi connectivity index (χ0n) is 16.9. The summed E-state index contributed by atoms with van der Waals surface area (Å²) in [5.41, 5.74) is 1.07. The Hall–Kier alpha value is -3.61. The minimum absolute atomic E-state index is 0.111. The van der Waals surface area contributed by atoms with E-state index >= 15 is 0 Å². The fourth-order valence-electron chi connectivity index (χ4n) is 3.30. The number of anilines is 1. The van der Waals surface area contributed by atoms with Gasteiger partial charge < -0.3 is 19.1 Å². The second-order valence-corrected chi connectivity index (χ2v) is 6.44. The lowest BCUT2D eigenvalue weighted by Gasteiger charge is -2.30. The third-order valence-corrected chi connectivity index (χ3v) is 4.68. The first kappa shape index (κ1) is 21.1. The molecule has 2 aromatic carbocycles. The molecule has 0 aliphatic carbocycles. The van der Waals surface area contributed by atoms with Gasteiger partial charge in [-0.1, -0.05) is 18.2 Å². The summed E-state index contributed by atoms with van der Waals surface area (Å²) < 4.78 is 29.9. The first-order valence-electron chi connectivity index (χ1n) is 9.35. The molecule has 0 N–H and O–H groups in total. The molecule has 0 saturated heterocycles. The first-order chi connectivity index (χ1) is 14.5. The van der Waals surface area contributed by atoms with Crippen molar-refractivity contribution in [2.75, 3.05) is 25.7 Å². The first-order valence-corrected chi connectivity index (χ1v) is 9.35. The Kier molecular flexibility index (Phi) is 6.51. The summed E-state index contributed by atoms with van der Waals surface area (Å²) in [4.78, 5) is 26.8. The van der Waals surface area contributed by atoms with Crippen LogP contribution in [0.15, 0.2) is 72.1 Å². The van der Waals surface area contributed by atoms with Crippen LogP contribution in [0.25, 0.3) is 0 Å². The Balaban J connectivity index is 2.13. The average molecular weight is 411 g/mol. The standard InChI is InChI=1S/C23H22FNO5/c1-4-30-16-11-9-15(10-12-16)25-13-18(22(26)28-2)21(19(14-25)23(27)29-3)17-7-5-6-8-20(17)24/h5-14,21H,4H2,1-3H3. The van der Waals surface area contributed by atoms with Gasteiger partial charge in [0, 0.05) is 23.7 Å². The number of halogens is 1. The van der Waals surface area contributed by atoms with Crippen molar-refractivity contribution in [3.63, 3.8) is 0 Å². The summed E-state index contributed by atoms with van der Waals surface area (Å²) in [6.45, 7) is 2.42. The predicted octanol–water partition coefficient (Wildman–Crippen LogP) is 3.94. The van der Waals surface area contributed by atoms with Gasteiger partial charge in [0.2, 0.25) is 0 Å². The zero-order chi connectivity index (χ0) is 21.7. The lowest BCUT2D eigenvalue weighted by Crippen LogP contribution is -2.29. The van der Waals surface area contributed by atoms with Gasteiger partial charge in [0.25, 0.3) is 0 Å². The molecule has 1 aliphatic heterocycles. The number of benzene rings is 2. The van der Waals surface area contributed by atoms with Crippen LogP contribution in [0.4, 0.5) is 10.1 Å². The van der Waals surface area contributed by atoms with Crippen LogP contribution >= 0.6 is 0 Å². The molecule has 0 unspecified atom stereocenters. The Morgan fingerprint density at radius 3 is 2.00 bits per heavy atom.